The van der Waals surface area contributed by atoms with Gasteiger partial charge in [-0.15, -0.1) is 0 Å². The molecule has 0 aromatic heterocycles. The zero-order valence-electron chi connectivity index (χ0n) is 12.1. The smallest absolute Gasteiger partial charge is 0.371 e. The van der Waals surface area contributed by atoms with Gasteiger partial charge in [0.05, 0.1) is 18.7 Å². The third kappa shape index (κ3) is 6.58. The minimum Gasteiger partial charge on any atom is -0.391 e. The average Bonchev–Trinajstić information content (AvgIpc) is 2.51. The maximum atomic E-state index is 13.2. The quantitative estimate of drug-likeness (QED) is 0.361. The molecule has 0 bridgehead atoms. The van der Waals surface area contributed by atoms with Crippen LogP contribution in [0.4, 0.5) is 4.39 Å². The number of oxime groups is 1. The Hall–Kier alpha value is -1.40. The van der Waals surface area contributed by atoms with Crippen LogP contribution in [-0.4, -0.2) is 52.4 Å². The molecule has 0 spiro atoms. The summed E-state index contributed by atoms with van der Waals surface area (Å²) in [5.41, 5.74) is 0.877. The van der Waals surface area contributed by atoms with Gasteiger partial charge in [-0.3, -0.25) is 0 Å². The Morgan fingerprint density at radius 2 is 1.95 bits per heavy atom. The van der Waals surface area contributed by atoms with Gasteiger partial charge in [0.25, 0.3) is 5.91 Å². The summed E-state index contributed by atoms with van der Waals surface area (Å²) in [7, 11) is -2.11. The number of hydrogen-bond donors (Lipinski definition) is 3. The lowest BCUT2D eigenvalue weighted by Gasteiger charge is -2.19. The van der Waals surface area contributed by atoms with Crippen LogP contribution in [0.25, 0.3) is 0 Å². The van der Waals surface area contributed by atoms with Crippen molar-refractivity contribution in [3.05, 3.63) is 35.9 Å². The van der Waals surface area contributed by atoms with E-state index in [-0.39, 0.29) is 6.61 Å². The summed E-state index contributed by atoms with van der Waals surface area (Å²) < 4.78 is 24.1. The van der Waals surface area contributed by atoms with Crippen molar-refractivity contribution >= 4 is 14.0 Å². The van der Waals surface area contributed by atoms with E-state index in [4.69, 9.17) is 4.84 Å². The molecule has 0 amide bonds. The molecule has 0 aliphatic rings. The van der Waals surface area contributed by atoms with Crippen LogP contribution in [0.15, 0.2) is 35.5 Å². The SMILES string of the molecule is C[P+](=O)C(F)C[C@@H](O)[C@@H](O)[C@@H](O)C=NOCc1ccccc1. The zero-order chi connectivity index (χ0) is 16.5. The van der Waals surface area contributed by atoms with Gasteiger partial charge in [-0.1, -0.05) is 40.1 Å². The van der Waals surface area contributed by atoms with Crippen LogP contribution < -0.4 is 0 Å². The van der Waals surface area contributed by atoms with Crippen LogP contribution in [-0.2, 0) is 16.0 Å². The Morgan fingerprint density at radius 3 is 2.55 bits per heavy atom. The van der Waals surface area contributed by atoms with Crippen LogP contribution in [0.1, 0.15) is 12.0 Å². The van der Waals surface area contributed by atoms with Gasteiger partial charge >= 0.3 is 7.80 Å². The predicted molar refractivity (Wildman–Crippen MR) is 80.8 cm³/mol. The second-order valence-electron chi connectivity index (χ2n) is 4.78. The first-order chi connectivity index (χ1) is 10.4. The van der Waals surface area contributed by atoms with Crippen molar-refractivity contribution in [3.8, 4) is 0 Å². The largest absolute Gasteiger partial charge is 0.391 e. The van der Waals surface area contributed by atoms with E-state index in [1.807, 2.05) is 30.3 Å². The van der Waals surface area contributed by atoms with Gasteiger partial charge in [-0.05, 0) is 5.56 Å². The van der Waals surface area contributed by atoms with Crippen LogP contribution in [0, 0.1) is 0 Å². The van der Waals surface area contributed by atoms with Crippen molar-refractivity contribution in [2.45, 2.75) is 37.3 Å². The fourth-order valence-corrected chi connectivity index (χ4v) is 2.11. The molecule has 3 N–H and O–H groups in total. The van der Waals surface area contributed by atoms with Crippen LogP contribution in [0.2, 0.25) is 0 Å². The molecular formula is C14H20FNO5P+. The van der Waals surface area contributed by atoms with Gasteiger partial charge in [0.1, 0.15) is 25.5 Å². The number of benzene rings is 1. The number of alkyl halides is 1. The van der Waals surface area contributed by atoms with Gasteiger partial charge < -0.3 is 20.2 Å². The summed E-state index contributed by atoms with van der Waals surface area (Å²) in [6.07, 6.45) is -4.33. The molecule has 0 heterocycles. The third-order valence-corrected chi connectivity index (χ3v) is 3.94. The van der Waals surface area contributed by atoms with E-state index in [1.165, 1.54) is 6.66 Å². The number of nitrogens with zero attached hydrogens (tertiary/aromatic N) is 1. The summed E-state index contributed by atoms with van der Waals surface area (Å²) in [5.74, 6) is -1.74. The molecule has 1 aromatic rings. The van der Waals surface area contributed by atoms with E-state index in [2.05, 4.69) is 5.16 Å². The monoisotopic (exact) mass is 332 g/mol. The van der Waals surface area contributed by atoms with E-state index in [0.717, 1.165) is 11.8 Å². The summed E-state index contributed by atoms with van der Waals surface area (Å²) in [4.78, 5) is 4.94. The summed E-state index contributed by atoms with van der Waals surface area (Å²) in [5, 5.41) is 32.3. The Bertz CT molecular complexity index is 487. The zero-order valence-corrected chi connectivity index (χ0v) is 13.0. The number of halogens is 1. The molecule has 2 unspecified atom stereocenters. The number of rotatable bonds is 9. The lowest BCUT2D eigenvalue weighted by Crippen LogP contribution is -2.39. The van der Waals surface area contributed by atoms with Crippen molar-refractivity contribution in [1.82, 2.24) is 0 Å². The van der Waals surface area contributed by atoms with Gasteiger partial charge in [0.2, 0.25) is 0 Å². The highest BCUT2D eigenvalue weighted by Crippen LogP contribution is 2.28. The molecule has 1 rings (SSSR count). The van der Waals surface area contributed by atoms with Crippen molar-refractivity contribution in [2.24, 2.45) is 5.16 Å². The Kier molecular flexibility index (Phi) is 8.12. The molecule has 0 radical (unpaired) electrons. The first-order valence-electron chi connectivity index (χ1n) is 6.69. The Labute approximate surface area is 129 Å². The minimum atomic E-state index is -2.11. The van der Waals surface area contributed by atoms with E-state index in [1.54, 1.807) is 0 Å². The summed E-state index contributed by atoms with van der Waals surface area (Å²) in [6, 6.07) is 9.19. The van der Waals surface area contributed by atoms with Crippen LogP contribution in [0.3, 0.4) is 0 Å². The maximum absolute atomic E-state index is 13.2. The fraction of sp³-hybridized carbons (Fsp3) is 0.500. The topological polar surface area (TPSA) is 99.4 Å². The lowest BCUT2D eigenvalue weighted by atomic mass is 10.1. The fourth-order valence-electron chi connectivity index (χ4n) is 1.59. The Balaban J connectivity index is 2.37. The Morgan fingerprint density at radius 1 is 1.32 bits per heavy atom. The number of aliphatic hydroxyl groups excluding tert-OH is 3. The van der Waals surface area contributed by atoms with E-state index in [9.17, 15) is 24.3 Å². The van der Waals surface area contributed by atoms with Crippen LogP contribution >= 0.6 is 7.80 Å². The lowest BCUT2D eigenvalue weighted by molar-refractivity contribution is -0.0409. The first kappa shape index (κ1) is 18.6. The molecule has 0 fully saturated rings. The van der Waals surface area contributed by atoms with Gasteiger partial charge in [0, 0.05) is 0 Å². The van der Waals surface area contributed by atoms with E-state index < -0.39 is 38.4 Å². The predicted octanol–water partition coefficient (Wildman–Crippen LogP) is 1.41. The molecule has 6 nitrogen and oxygen atoms in total. The average molecular weight is 332 g/mol. The maximum Gasteiger partial charge on any atom is 0.371 e. The van der Waals surface area contributed by atoms with Gasteiger partial charge in [-0.2, -0.15) is 4.39 Å². The number of aliphatic hydroxyl groups is 3. The van der Waals surface area contributed by atoms with E-state index >= 15 is 0 Å². The van der Waals surface area contributed by atoms with Crippen molar-refractivity contribution in [2.75, 3.05) is 6.66 Å². The first-order valence-corrected chi connectivity index (χ1v) is 8.47. The molecule has 0 saturated heterocycles. The molecule has 5 atom stereocenters. The van der Waals surface area contributed by atoms with Crippen molar-refractivity contribution in [1.29, 1.82) is 0 Å². The molecule has 8 heteroatoms. The van der Waals surface area contributed by atoms with Crippen molar-refractivity contribution < 1.29 is 29.1 Å². The molecule has 22 heavy (non-hydrogen) atoms. The molecule has 0 aliphatic heterocycles. The third-order valence-electron chi connectivity index (χ3n) is 2.94. The molecule has 1 aromatic carbocycles. The molecule has 0 aliphatic carbocycles. The summed E-state index contributed by atoms with van der Waals surface area (Å²) in [6.45, 7) is 1.37. The number of hydrogen-bond acceptors (Lipinski definition) is 6. The standard InChI is InChI=1S/C14H20FNO5P/c1-22(20)13(15)7-11(17)14(19)12(18)8-16-21-9-10-5-3-2-4-6-10/h2-6,8,11-14,17-19H,7,9H2,1H3/q+1/t11-,12+,13?,14-/m1/s1. The molecule has 0 saturated carbocycles. The highest BCUT2D eigenvalue weighted by atomic mass is 31.1. The van der Waals surface area contributed by atoms with Gasteiger partial charge in [0.15, 0.2) is 0 Å². The highest BCUT2D eigenvalue weighted by molar-refractivity contribution is 7.44. The minimum absolute atomic E-state index is 0.186. The van der Waals surface area contributed by atoms with Crippen molar-refractivity contribution in [3.63, 3.8) is 0 Å². The normalized spacial score (nSPS) is 17.8. The van der Waals surface area contributed by atoms with Crippen LogP contribution in [0.5, 0.6) is 0 Å². The summed E-state index contributed by atoms with van der Waals surface area (Å²) >= 11 is 0. The second-order valence-corrected chi connectivity index (χ2v) is 6.43. The van der Waals surface area contributed by atoms with Gasteiger partial charge in [-0.25, -0.2) is 0 Å². The highest BCUT2D eigenvalue weighted by Gasteiger charge is 2.32. The van der Waals surface area contributed by atoms with E-state index in [0.29, 0.717) is 0 Å². The molecule has 122 valence electrons. The second kappa shape index (κ2) is 9.58. The molecular weight excluding hydrogens is 312 g/mol.